The molecule has 104 valence electrons. The Morgan fingerprint density at radius 1 is 1.35 bits per heavy atom. The van der Waals surface area contributed by atoms with Crippen molar-refractivity contribution >= 4 is 23.6 Å². The van der Waals surface area contributed by atoms with E-state index >= 15 is 0 Å². The Bertz CT molecular complexity index is 652. The van der Waals surface area contributed by atoms with E-state index in [1.807, 2.05) is 0 Å². The quantitative estimate of drug-likeness (QED) is 0.876. The second-order valence-electron chi connectivity index (χ2n) is 4.02. The van der Waals surface area contributed by atoms with Crippen molar-refractivity contribution in [2.45, 2.75) is 0 Å². The van der Waals surface area contributed by atoms with Crippen LogP contribution >= 0.6 is 0 Å². The van der Waals surface area contributed by atoms with Crippen LogP contribution in [0.3, 0.4) is 0 Å². The average molecular weight is 275 g/mol. The molecule has 0 unspecified atom stereocenters. The molecule has 0 saturated carbocycles. The number of para-hydroxylation sites is 1. The molecule has 2 amide bonds. The predicted molar refractivity (Wildman–Crippen MR) is 71.8 cm³/mol. The molecule has 0 aliphatic rings. The molecule has 0 radical (unpaired) electrons. The Hall–Kier alpha value is -2.90. The van der Waals surface area contributed by atoms with Gasteiger partial charge in [-0.3, -0.25) is 10.2 Å². The minimum atomic E-state index is -1.10. The van der Waals surface area contributed by atoms with Crippen LogP contribution in [-0.4, -0.2) is 38.9 Å². The first-order valence-corrected chi connectivity index (χ1v) is 5.71. The molecular weight excluding hydrogens is 262 g/mol. The second kappa shape index (κ2) is 5.39. The third kappa shape index (κ3) is 2.58. The summed E-state index contributed by atoms with van der Waals surface area (Å²) in [5.41, 5.74) is 0.336. The Morgan fingerprint density at radius 2 is 2.05 bits per heavy atom. The zero-order valence-corrected chi connectivity index (χ0v) is 10.9. The predicted octanol–water partition coefficient (Wildman–Crippen LogP) is 1.18. The topological polar surface area (TPSA) is 100 Å². The Morgan fingerprint density at radius 3 is 2.65 bits per heavy atom. The largest absolute Gasteiger partial charge is 0.478 e. The molecule has 1 heterocycles. The number of hydrogen-bond acceptors (Lipinski definition) is 4. The maximum Gasteiger partial charge on any atom is 0.337 e. The van der Waals surface area contributed by atoms with Crippen molar-refractivity contribution in [1.29, 1.82) is 0 Å². The van der Waals surface area contributed by atoms with Gasteiger partial charge < -0.3 is 5.11 Å². The molecule has 0 fully saturated rings. The van der Waals surface area contributed by atoms with Gasteiger partial charge in [0.05, 0.1) is 11.3 Å². The van der Waals surface area contributed by atoms with Crippen LogP contribution in [0.15, 0.2) is 30.6 Å². The van der Waals surface area contributed by atoms with Crippen LogP contribution in [0.25, 0.3) is 0 Å². The molecular formula is C12H13N5O3. The number of urea groups is 1. The molecule has 2 rings (SSSR count). The summed E-state index contributed by atoms with van der Waals surface area (Å²) in [6.45, 7) is 0. The summed E-state index contributed by atoms with van der Waals surface area (Å²) in [6, 6.07) is 5.74. The lowest BCUT2D eigenvalue weighted by atomic mass is 10.1. The highest BCUT2D eigenvalue weighted by Crippen LogP contribution is 2.19. The van der Waals surface area contributed by atoms with Crippen molar-refractivity contribution in [2.24, 2.45) is 7.05 Å². The van der Waals surface area contributed by atoms with E-state index < -0.39 is 12.0 Å². The monoisotopic (exact) mass is 275 g/mol. The van der Waals surface area contributed by atoms with Gasteiger partial charge in [0.15, 0.2) is 0 Å². The number of carboxylic acids is 1. The van der Waals surface area contributed by atoms with E-state index in [1.165, 1.54) is 29.0 Å². The van der Waals surface area contributed by atoms with Gasteiger partial charge in [0.25, 0.3) is 0 Å². The van der Waals surface area contributed by atoms with Crippen LogP contribution in [0.2, 0.25) is 0 Å². The number of nitrogens with one attached hydrogen (secondary N) is 1. The maximum atomic E-state index is 12.1. The number of hydrogen-bond donors (Lipinski definition) is 2. The molecule has 8 heteroatoms. The number of aromatic carboxylic acids is 1. The van der Waals surface area contributed by atoms with Crippen molar-refractivity contribution < 1.29 is 14.7 Å². The molecule has 0 aliphatic carbocycles. The lowest BCUT2D eigenvalue weighted by Crippen LogP contribution is -2.33. The van der Waals surface area contributed by atoms with Crippen LogP contribution < -0.4 is 10.2 Å². The molecule has 2 aromatic rings. The summed E-state index contributed by atoms with van der Waals surface area (Å²) in [7, 11) is 3.11. The van der Waals surface area contributed by atoms with E-state index in [4.69, 9.17) is 5.11 Å². The molecule has 8 nitrogen and oxygen atoms in total. The van der Waals surface area contributed by atoms with Gasteiger partial charge in [0.1, 0.15) is 6.33 Å². The van der Waals surface area contributed by atoms with Crippen molar-refractivity contribution in [3.63, 3.8) is 0 Å². The van der Waals surface area contributed by atoms with Gasteiger partial charge >= 0.3 is 12.0 Å². The van der Waals surface area contributed by atoms with Gasteiger partial charge in [0.2, 0.25) is 5.95 Å². The van der Waals surface area contributed by atoms with E-state index in [0.717, 1.165) is 0 Å². The maximum absolute atomic E-state index is 12.1. The summed E-state index contributed by atoms with van der Waals surface area (Å²) in [5.74, 6) is -0.825. The first-order chi connectivity index (χ1) is 9.50. The van der Waals surface area contributed by atoms with Crippen molar-refractivity contribution in [3.05, 3.63) is 36.2 Å². The van der Waals surface area contributed by atoms with Crippen LogP contribution in [0.4, 0.5) is 16.4 Å². The van der Waals surface area contributed by atoms with Gasteiger partial charge in [-0.05, 0) is 12.1 Å². The number of carboxylic acid groups (broad SMARTS) is 1. The standard InChI is InChI=1S/C12H13N5O3/c1-16(9-6-4-3-5-8(9)10(18)19)12(20)15-11-13-7-14-17(11)2/h3-7H,1-2H3,(H,18,19)(H,13,14,15,20). The molecule has 0 aliphatic heterocycles. The smallest absolute Gasteiger partial charge is 0.337 e. The number of anilines is 2. The zero-order chi connectivity index (χ0) is 14.7. The number of carbonyl (C=O) groups is 2. The normalized spacial score (nSPS) is 10.1. The first-order valence-electron chi connectivity index (χ1n) is 5.71. The number of aromatic nitrogens is 3. The zero-order valence-electron chi connectivity index (χ0n) is 10.9. The van der Waals surface area contributed by atoms with E-state index in [0.29, 0.717) is 5.69 Å². The lowest BCUT2D eigenvalue weighted by molar-refractivity contribution is 0.0697. The molecule has 0 bridgehead atoms. The minimum absolute atomic E-state index is 0.0446. The summed E-state index contributed by atoms with van der Waals surface area (Å²) in [6.07, 6.45) is 1.31. The third-order valence-electron chi connectivity index (χ3n) is 2.73. The SMILES string of the molecule is CN(C(=O)Nc1ncnn1C)c1ccccc1C(=O)O. The minimum Gasteiger partial charge on any atom is -0.478 e. The number of aryl methyl sites for hydroxylation is 1. The van der Waals surface area contributed by atoms with Crippen LogP contribution in [0.1, 0.15) is 10.4 Å². The van der Waals surface area contributed by atoms with Gasteiger partial charge in [-0.25, -0.2) is 14.3 Å². The molecule has 0 spiro atoms. The highest BCUT2D eigenvalue weighted by molar-refractivity contribution is 6.05. The molecule has 20 heavy (non-hydrogen) atoms. The van der Waals surface area contributed by atoms with Gasteiger partial charge in [-0.2, -0.15) is 10.1 Å². The highest BCUT2D eigenvalue weighted by atomic mass is 16.4. The highest BCUT2D eigenvalue weighted by Gasteiger charge is 2.18. The summed E-state index contributed by atoms with van der Waals surface area (Å²) in [5, 5.41) is 15.5. The number of rotatable bonds is 3. The summed E-state index contributed by atoms with van der Waals surface area (Å²) >= 11 is 0. The third-order valence-corrected chi connectivity index (χ3v) is 2.73. The van der Waals surface area contributed by atoms with Gasteiger partial charge in [0, 0.05) is 14.1 Å². The van der Waals surface area contributed by atoms with Gasteiger partial charge in [-0.1, -0.05) is 12.1 Å². The Balaban J connectivity index is 2.23. The second-order valence-corrected chi connectivity index (χ2v) is 4.02. The van der Waals surface area contributed by atoms with Crippen molar-refractivity contribution in [2.75, 3.05) is 17.3 Å². The molecule has 0 saturated heterocycles. The fraction of sp³-hybridized carbons (Fsp3) is 0.167. The van der Waals surface area contributed by atoms with E-state index in [1.54, 1.807) is 25.2 Å². The lowest BCUT2D eigenvalue weighted by Gasteiger charge is -2.19. The first kappa shape index (κ1) is 13.5. The van der Waals surface area contributed by atoms with Crippen molar-refractivity contribution in [3.8, 4) is 0 Å². The number of carbonyl (C=O) groups excluding carboxylic acids is 1. The number of amides is 2. The Kier molecular flexibility index (Phi) is 3.65. The molecule has 0 atom stereocenters. The van der Waals surface area contributed by atoms with Crippen LogP contribution in [0.5, 0.6) is 0 Å². The number of benzene rings is 1. The fourth-order valence-electron chi connectivity index (χ4n) is 1.65. The van der Waals surface area contributed by atoms with E-state index in [-0.39, 0.29) is 11.5 Å². The van der Waals surface area contributed by atoms with E-state index in [9.17, 15) is 9.59 Å². The summed E-state index contributed by atoms with van der Waals surface area (Å²) < 4.78 is 1.40. The van der Waals surface area contributed by atoms with E-state index in [2.05, 4.69) is 15.4 Å². The van der Waals surface area contributed by atoms with Gasteiger partial charge in [-0.15, -0.1) is 0 Å². The molecule has 2 N–H and O–H groups in total. The number of nitrogens with zero attached hydrogens (tertiary/aromatic N) is 4. The Labute approximate surface area is 114 Å². The van der Waals surface area contributed by atoms with Crippen molar-refractivity contribution in [1.82, 2.24) is 14.8 Å². The van der Waals surface area contributed by atoms with Crippen LogP contribution in [0, 0.1) is 0 Å². The summed E-state index contributed by atoms with van der Waals surface area (Å²) in [4.78, 5) is 28.3. The fourth-order valence-corrected chi connectivity index (χ4v) is 1.65. The molecule has 1 aromatic carbocycles. The van der Waals surface area contributed by atoms with Crippen LogP contribution in [-0.2, 0) is 7.05 Å². The average Bonchev–Trinajstić information content (AvgIpc) is 2.83. The molecule has 1 aromatic heterocycles.